The molecule has 2 N–H and O–H groups in total. The largest absolute Gasteiger partial charge is 0.394 e. The maximum atomic E-state index is 11.3. The van der Waals surface area contributed by atoms with Gasteiger partial charge in [0.2, 0.25) is 0 Å². The van der Waals surface area contributed by atoms with Crippen LogP contribution < -0.4 is 5.32 Å². The fourth-order valence-corrected chi connectivity index (χ4v) is 1.65. The number of hydrogen-bond acceptors (Lipinski definition) is 4. The van der Waals surface area contributed by atoms with Crippen molar-refractivity contribution in [2.24, 2.45) is 5.16 Å². The normalized spacial score (nSPS) is 22.3. The van der Waals surface area contributed by atoms with E-state index in [-0.39, 0.29) is 6.61 Å². The molecule has 92 valence electrons. The molecule has 1 heterocycles. The number of alkyl halides is 3. The zero-order valence-corrected chi connectivity index (χ0v) is 11.6. The van der Waals surface area contributed by atoms with Crippen LogP contribution in [0.1, 0.15) is 6.42 Å². The lowest BCUT2D eigenvalue weighted by atomic mass is 10.1. The number of carbonyl (C=O) groups excluding carboxylic acids is 1. The summed E-state index contributed by atoms with van der Waals surface area (Å²) >= 11 is 19.3. The summed E-state index contributed by atoms with van der Waals surface area (Å²) < 4.78 is -1.47. The van der Waals surface area contributed by atoms with Gasteiger partial charge in [0.25, 0.3) is 9.70 Å². The van der Waals surface area contributed by atoms with Crippen molar-refractivity contribution in [2.75, 3.05) is 6.61 Å². The lowest BCUT2D eigenvalue weighted by Crippen LogP contribution is -2.49. The average Bonchev–Trinajstić information content (AvgIpc) is 2.59. The predicted octanol–water partition coefficient (Wildman–Crippen LogP) is 1.33. The summed E-state index contributed by atoms with van der Waals surface area (Å²) in [7, 11) is 0. The molecule has 2 atom stereocenters. The second kappa shape index (κ2) is 5.73. The zero-order valence-electron chi connectivity index (χ0n) is 7.79. The van der Waals surface area contributed by atoms with E-state index in [9.17, 15) is 4.79 Å². The minimum atomic E-state index is -2.07. The predicted molar refractivity (Wildman–Crippen MR) is 65.2 cm³/mol. The van der Waals surface area contributed by atoms with Crippen molar-refractivity contribution < 1.29 is 14.7 Å². The third-order valence-electron chi connectivity index (χ3n) is 1.88. The van der Waals surface area contributed by atoms with E-state index in [1.54, 1.807) is 0 Å². The van der Waals surface area contributed by atoms with E-state index in [4.69, 9.17) is 44.7 Å². The molecule has 1 aliphatic rings. The molecule has 0 aliphatic carbocycles. The van der Waals surface area contributed by atoms with Crippen LogP contribution in [0.2, 0.25) is 0 Å². The monoisotopic (exact) mass is 352 g/mol. The third-order valence-corrected chi connectivity index (χ3v) is 2.86. The van der Waals surface area contributed by atoms with Crippen LogP contribution >= 0.6 is 50.7 Å². The maximum absolute atomic E-state index is 11.3. The van der Waals surface area contributed by atoms with Gasteiger partial charge in [-0.15, -0.1) is 0 Å². The highest BCUT2D eigenvalue weighted by Gasteiger charge is 2.36. The summed E-state index contributed by atoms with van der Waals surface area (Å²) in [6, 6.07) is -0.679. The number of carbonyl (C=O) groups is 1. The van der Waals surface area contributed by atoms with Crippen LogP contribution in [0.25, 0.3) is 0 Å². The first-order valence-corrected chi connectivity index (χ1v) is 6.14. The molecular weight excluding hydrogens is 346 g/mol. The van der Waals surface area contributed by atoms with Crippen molar-refractivity contribution in [2.45, 2.75) is 22.4 Å². The molecule has 0 aromatic heterocycles. The fourth-order valence-electron chi connectivity index (χ4n) is 1.09. The van der Waals surface area contributed by atoms with Crippen molar-refractivity contribution in [3.8, 4) is 0 Å². The minimum absolute atomic E-state index is 0.340. The number of aliphatic hydroxyl groups is 1. The van der Waals surface area contributed by atoms with Crippen LogP contribution in [0.15, 0.2) is 5.16 Å². The minimum Gasteiger partial charge on any atom is -0.394 e. The van der Waals surface area contributed by atoms with Crippen molar-refractivity contribution in [1.29, 1.82) is 0 Å². The molecule has 0 bridgehead atoms. The molecule has 1 rings (SSSR count). The summed E-state index contributed by atoms with van der Waals surface area (Å²) in [6.07, 6.45) is -0.0404. The van der Waals surface area contributed by atoms with Gasteiger partial charge in [-0.3, -0.25) is 4.79 Å². The lowest BCUT2D eigenvalue weighted by Gasteiger charge is -2.22. The Morgan fingerprint density at radius 3 is 2.75 bits per heavy atom. The number of nitrogens with zero attached hydrogens (tertiary/aromatic N) is 1. The Labute approximate surface area is 115 Å². The van der Waals surface area contributed by atoms with Gasteiger partial charge in [-0.25, -0.2) is 0 Å². The van der Waals surface area contributed by atoms with Gasteiger partial charge < -0.3 is 15.3 Å². The Balaban J connectivity index is 2.54. The van der Waals surface area contributed by atoms with Gasteiger partial charge in [0.05, 0.1) is 12.6 Å². The molecule has 9 heteroatoms. The molecular formula is C7H8BrCl3N2O3. The molecule has 5 nitrogen and oxygen atoms in total. The molecule has 16 heavy (non-hydrogen) atoms. The van der Waals surface area contributed by atoms with Crippen molar-refractivity contribution in [1.82, 2.24) is 5.32 Å². The molecule has 0 unspecified atom stereocenters. The van der Waals surface area contributed by atoms with Gasteiger partial charge in [-0.2, -0.15) is 0 Å². The molecule has 0 radical (unpaired) electrons. The summed E-state index contributed by atoms with van der Waals surface area (Å²) in [4.78, 5) is 16.3. The molecule has 0 saturated heterocycles. The zero-order chi connectivity index (χ0) is 12.3. The van der Waals surface area contributed by atoms with Gasteiger partial charge >= 0.3 is 0 Å². The van der Waals surface area contributed by atoms with Crippen molar-refractivity contribution in [3.63, 3.8) is 0 Å². The van der Waals surface area contributed by atoms with E-state index in [0.29, 0.717) is 11.0 Å². The standard InChI is InChI=1S/C7H8BrCl3N2O3/c8-5-1-4(16-13-5)3(2-14)12-6(15)7(9,10)11/h3-4,14H,1-2H2,(H,12,15)/t3-,4-/m1/s1. The molecule has 0 aromatic rings. The number of rotatable bonds is 3. The highest BCUT2D eigenvalue weighted by atomic mass is 79.9. The quantitative estimate of drug-likeness (QED) is 0.751. The summed E-state index contributed by atoms with van der Waals surface area (Å²) in [5.41, 5.74) is 0. The number of halogens is 4. The van der Waals surface area contributed by atoms with Crippen LogP contribution in [0.4, 0.5) is 0 Å². The molecule has 0 fully saturated rings. The molecule has 1 amide bonds. The topological polar surface area (TPSA) is 70.9 Å². The Bertz CT molecular complexity index is 308. The highest BCUT2D eigenvalue weighted by Crippen LogP contribution is 2.26. The Hall–Kier alpha value is 0.250. The van der Waals surface area contributed by atoms with Crippen LogP contribution in [0.5, 0.6) is 0 Å². The lowest BCUT2D eigenvalue weighted by molar-refractivity contribution is -0.122. The molecule has 0 aromatic carbocycles. The number of amides is 1. The first kappa shape index (κ1) is 14.3. The van der Waals surface area contributed by atoms with E-state index in [1.165, 1.54) is 0 Å². The van der Waals surface area contributed by atoms with Crippen LogP contribution in [-0.4, -0.2) is 38.2 Å². The van der Waals surface area contributed by atoms with Crippen LogP contribution in [-0.2, 0) is 9.63 Å². The van der Waals surface area contributed by atoms with E-state index < -0.39 is 21.8 Å². The van der Waals surface area contributed by atoms with Crippen LogP contribution in [0.3, 0.4) is 0 Å². The second-order valence-corrected chi connectivity index (χ2v) is 6.27. The first-order valence-electron chi connectivity index (χ1n) is 4.21. The van der Waals surface area contributed by atoms with Gasteiger partial charge in [0, 0.05) is 6.42 Å². The SMILES string of the molecule is O=C(N[C@H](CO)[C@H]1CC(Br)=NO1)C(Cl)(Cl)Cl. The molecule has 0 saturated carbocycles. The summed E-state index contributed by atoms with van der Waals surface area (Å²) in [5.74, 6) is -0.817. The van der Waals surface area contributed by atoms with Gasteiger partial charge in [-0.05, 0) is 15.9 Å². The average molecular weight is 354 g/mol. The smallest absolute Gasteiger partial charge is 0.272 e. The van der Waals surface area contributed by atoms with Gasteiger partial charge in [0.1, 0.15) is 4.62 Å². The third kappa shape index (κ3) is 3.92. The second-order valence-electron chi connectivity index (χ2n) is 3.08. The number of nitrogens with one attached hydrogen (secondary N) is 1. The summed E-state index contributed by atoms with van der Waals surface area (Å²) in [5, 5.41) is 15.1. The number of hydrogen-bond donors (Lipinski definition) is 2. The fraction of sp³-hybridized carbons (Fsp3) is 0.714. The Morgan fingerprint density at radius 2 is 2.38 bits per heavy atom. The number of aliphatic hydroxyl groups excluding tert-OH is 1. The highest BCUT2D eigenvalue weighted by molar-refractivity contribution is 9.18. The number of oxime groups is 1. The Morgan fingerprint density at radius 1 is 1.75 bits per heavy atom. The molecule has 1 aliphatic heterocycles. The van der Waals surface area contributed by atoms with Crippen LogP contribution in [0, 0.1) is 0 Å². The Kier molecular flexibility index (Phi) is 5.12. The van der Waals surface area contributed by atoms with Gasteiger partial charge in [-0.1, -0.05) is 40.0 Å². The van der Waals surface area contributed by atoms with Crippen molar-refractivity contribution >= 4 is 61.3 Å². The first-order chi connectivity index (χ1) is 7.34. The van der Waals surface area contributed by atoms with E-state index >= 15 is 0 Å². The van der Waals surface area contributed by atoms with E-state index in [2.05, 4.69) is 26.4 Å². The maximum Gasteiger partial charge on any atom is 0.272 e. The van der Waals surface area contributed by atoms with Gasteiger partial charge in [0.15, 0.2) is 6.10 Å². The van der Waals surface area contributed by atoms with E-state index in [0.717, 1.165) is 0 Å². The van der Waals surface area contributed by atoms with E-state index in [1.807, 2.05) is 0 Å². The van der Waals surface area contributed by atoms with Crippen molar-refractivity contribution in [3.05, 3.63) is 0 Å². The summed E-state index contributed by atoms with van der Waals surface area (Å²) in [6.45, 7) is -0.340. The molecule has 0 spiro atoms.